The summed E-state index contributed by atoms with van der Waals surface area (Å²) < 4.78 is 0. The van der Waals surface area contributed by atoms with Crippen LogP contribution in [0.5, 0.6) is 0 Å². The summed E-state index contributed by atoms with van der Waals surface area (Å²) in [6.07, 6.45) is 0.482. The third-order valence-corrected chi connectivity index (χ3v) is 2.85. The summed E-state index contributed by atoms with van der Waals surface area (Å²) in [4.78, 5) is 24.1. The highest BCUT2D eigenvalue weighted by Crippen LogP contribution is 2.16. The summed E-state index contributed by atoms with van der Waals surface area (Å²) in [5.41, 5.74) is 0. The van der Waals surface area contributed by atoms with E-state index in [0.29, 0.717) is 6.54 Å². The Morgan fingerprint density at radius 2 is 2.19 bits per heavy atom. The zero-order valence-corrected chi connectivity index (χ0v) is 9.69. The predicted molar refractivity (Wildman–Crippen MR) is 58.8 cm³/mol. The summed E-state index contributed by atoms with van der Waals surface area (Å²) in [6, 6.07) is -0.504. The highest BCUT2D eigenvalue weighted by molar-refractivity contribution is 5.95. The zero-order chi connectivity index (χ0) is 12.1. The quantitative estimate of drug-likeness (QED) is 0.576. The molecule has 0 aromatic carbocycles. The fourth-order valence-electron chi connectivity index (χ4n) is 1.69. The molecule has 0 bridgehead atoms. The molecular weight excluding hydrogens is 210 g/mol. The Labute approximate surface area is 95.0 Å². The number of β-amino-alcohol motifs (C(OH)–C–C–N with tert-alkyl or cyclic N) is 1. The average molecular weight is 229 g/mol. The molecule has 16 heavy (non-hydrogen) atoms. The fourth-order valence-corrected chi connectivity index (χ4v) is 1.69. The van der Waals surface area contributed by atoms with E-state index in [4.69, 9.17) is 0 Å². The number of carbonyl (C=O) groups is 2. The summed E-state index contributed by atoms with van der Waals surface area (Å²) in [6.45, 7) is 3.41. The van der Waals surface area contributed by atoms with Crippen molar-refractivity contribution in [2.75, 3.05) is 26.7 Å². The summed E-state index contributed by atoms with van der Waals surface area (Å²) in [5, 5.41) is 14.1. The Morgan fingerprint density at radius 3 is 2.75 bits per heavy atom. The van der Waals surface area contributed by atoms with Crippen molar-refractivity contribution in [3.8, 4) is 0 Å². The molecule has 0 aromatic heterocycles. The molecule has 1 aliphatic rings. The Kier molecular flexibility index (Phi) is 4.70. The van der Waals surface area contributed by atoms with Gasteiger partial charge in [0.25, 0.3) is 0 Å². The standard InChI is InChI=1S/C10H19N3O3/c1-7-3-4-13(5-8(7)14)6-9(15)12-10(16)11-2/h7-8,14H,3-6H2,1-2H3,(H2,11,12,15,16). The van der Waals surface area contributed by atoms with Crippen LogP contribution in [0.15, 0.2) is 0 Å². The molecule has 2 atom stereocenters. The molecule has 1 saturated heterocycles. The first kappa shape index (κ1) is 12.9. The molecule has 1 heterocycles. The van der Waals surface area contributed by atoms with Crippen molar-refractivity contribution in [1.82, 2.24) is 15.5 Å². The number of nitrogens with one attached hydrogen (secondary N) is 2. The summed E-state index contributed by atoms with van der Waals surface area (Å²) >= 11 is 0. The van der Waals surface area contributed by atoms with Crippen molar-refractivity contribution in [1.29, 1.82) is 0 Å². The van der Waals surface area contributed by atoms with Gasteiger partial charge in [0.2, 0.25) is 5.91 Å². The van der Waals surface area contributed by atoms with Crippen LogP contribution in [0.3, 0.4) is 0 Å². The molecule has 92 valence electrons. The largest absolute Gasteiger partial charge is 0.392 e. The monoisotopic (exact) mass is 229 g/mol. The summed E-state index contributed by atoms with van der Waals surface area (Å²) in [5.74, 6) is -0.0700. The van der Waals surface area contributed by atoms with Gasteiger partial charge in [-0.1, -0.05) is 6.92 Å². The van der Waals surface area contributed by atoms with E-state index < -0.39 is 6.03 Å². The average Bonchev–Trinajstić information content (AvgIpc) is 2.23. The van der Waals surface area contributed by atoms with Crippen LogP contribution in [0, 0.1) is 5.92 Å². The first-order valence-electron chi connectivity index (χ1n) is 5.45. The van der Waals surface area contributed by atoms with Crippen molar-refractivity contribution in [3.63, 3.8) is 0 Å². The van der Waals surface area contributed by atoms with E-state index in [1.165, 1.54) is 7.05 Å². The lowest BCUT2D eigenvalue weighted by molar-refractivity contribution is -0.122. The van der Waals surface area contributed by atoms with Gasteiger partial charge in [0.05, 0.1) is 12.6 Å². The molecule has 0 aliphatic carbocycles. The van der Waals surface area contributed by atoms with Crippen LogP contribution < -0.4 is 10.6 Å². The molecule has 1 aliphatic heterocycles. The number of nitrogens with zero attached hydrogens (tertiary/aromatic N) is 1. The zero-order valence-electron chi connectivity index (χ0n) is 9.69. The molecule has 0 radical (unpaired) electrons. The molecule has 3 amide bonds. The SMILES string of the molecule is CNC(=O)NC(=O)CN1CCC(C)C(O)C1. The second-order valence-corrected chi connectivity index (χ2v) is 4.20. The Bertz CT molecular complexity index is 270. The normalized spacial score (nSPS) is 26.2. The molecule has 2 unspecified atom stereocenters. The van der Waals surface area contributed by atoms with Crippen molar-refractivity contribution < 1.29 is 14.7 Å². The second kappa shape index (κ2) is 5.81. The van der Waals surface area contributed by atoms with Gasteiger partial charge < -0.3 is 10.4 Å². The second-order valence-electron chi connectivity index (χ2n) is 4.20. The smallest absolute Gasteiger partial charge is 0.321 e. The Balaban J connectivity index is 2.32. The van der Waals surface area contributed by atoms with Crippen molar-refractivity contribution >= 4 is 11.9 Å². The Hall–Kier alpha value is -1.14. The van der Waals surface area contributed by atoms with Crippen LogP contribution in [0.25, 0.3) is 0 Å². The van der Waals surface area contributed by atoms with Gasteiger partial charge in [-0.05, 0) is 18.9 Å². The third-order valence-electron chi connectivity index (χ3n) is 2.85. The molecule has 1 rings (SSSR count). The number of imide groups is 1. The number of amides is 3. The molecule has 0 aromatic rings. The van der Waals surface area contributed by atoms with Crippen molar-refractivity contribution in [3.05, 3.63) is 0 Å². The van der Waals surface area contributed by atoms with E-state index in [-0.39, 0.29) is 24.5 Å². The minimum atomic E-state index is -0.504. The topological polar surface area (TPSA) is 81.7 Å². The van der Waals surface area contributed by atoms with Crippen molar-refractivity contribution in [2.24, 2.45) is 5.92 Å². The lowest BCUT2D eigenvalue weighted by Crippen LogP contribution is -2.49. The summed E-state index contributed by atoms with van der Waals surface area (Å²) in [7, 11) is 1.45. The minimum absolute atomic E-state index is 0.150. The fraction of sp³-hybridized carbons (Fsp3) is 0.800. The highest BCUT2D eigenvalue weighted by Gasteiger charge is 2.25. The van der Waals surface area contributed by atoms with E-state index >= 15 is 0 Å². The number of aliphatic hydroxyl groups excluding tert-OH is 1. The lowest BCUT2D eigenvalue weighted by atomic mass is 9.96. The van der Waals surface area contributed by atoms with Gasteiger partial charge in [0.1, 0.15) is 0 Å². The molecule has 0 spiro atoms. The maximum absolute atomic E-state index is 11.4. The number of hydrogen-bond acceptors (Lipinski definition) is 4. The van der Waals surface area contributed by atoms with Crippen LogP contribution >= 0.6 is 0 Å². The van der Waals surface area contributed by atoms with E-state index in [1.807, 2.05) is 11.8 Å². The first-order valence-corrected chi connectivity index (χ1v) is 5.45. The number of urea groups is 1. The Morgan fingerprint density at radius 1 is 1.50 bits per heavy atom. The third kappa shape index (κ3) is 3.79. The molecule has 6 heteroatoms. The van der Waals surface area contributed by atoms with Gasteiger partial charge in [-0.25, -0.2) is 4.79 Å². The predicted octanol–water partition coefficient (Wildman–Crippen LogP) is -0.855. The van der Waals surface area contributed by atoms with E-state index in [0.717, 1.165) is 13.0 Å². The van der Waals surface area contributed by atoms with Crippen molar-refractivity contribution in [2.45, 2.75) is 19.4 Å². The van der Waals surface area contributed by atoms with Crippen LogP contribution in [-0.2, 0) is 4.79 Å². The van der Waals surface area contributed by atoms with E-state index in [9.17, 15) is 14.7 Å². The van der Waals surface area contributed by atoms with Crippen LogP contribution in [0.4, 0.5) is 4.79 Å². The lowest BCUT2D eigenvalue weighted by Gasteiger charge is -2.33. The van der Waals surface area contributed by atoms with Gasteiger partial charge in [-0.15, -0.1) is 0 Å². The number of rotatable bonds is 2. The number of hydrogen-bond donors (Lipinski definition) is 3. The van der Waals surface area contributed by atoms with Gasteiger partial charge >= 0.3 is 6.03 Å². The maximum Gasteiger partial charge on any atom is 0.321 e. The van der Waals surface area contributed by atoms with E-state index in [1.54, 1.807) is 0 Å². The number of aliphatic hydroxyl groups is 1. The van der Waals surface area contributed by atoms with Crippen LogP contribution in [-0.4, -0.2) is 54.7 Å². The molecule has 1 fully saturated rings. The van der Waals surface area contributed by atoms with Gasteiger partial charge in [0, 0.05) is 13.6 Å². The van der Waals surface area contributed by atoms with Gasteiger partial charge in [-0.3, -0.25) is 15.0 Å². The highest BCUT2D eigenvalue weighted by atomic mass is 16.3. The first-order chi connectivity index (χ1) is 7.52. The maximum atomic E-state index is 11.4. The molecular formula is C10H19N3O3. The van der Waals surface area contributed by atoms with Gasteiger partial charge in [0.15, 0.2) is 0 Å². The van der Waals surface area contributed by atoms with E-state index in [2.05, 4.69) is 10.6 Å². The number of likely N-dealkylation sites (tertiary alicyclic amines) is 1. The van der Waals surface area contributed by atoms with Gasteiger partial charge in [-0.2, -0.15) is 0 Å². The van der Waals surface area contributed by atoms with Crippen LogP contribution in [0.1, 0.15) is 13.3 Å². The molecule has 6 nitrogen and oxygen atoms in total. The van der Waals surface area contributed by atoms with Crippen LogP contribution in [0.2, 0.25) is 0 Å². The number of carbonyl (C=O) groups excluding carboxylic acids is 2. The molecule has 0 saturated carbocycles. The number of piperidine rings is 1. The molecule has 3 N–H and O–H groups in total. The minimum Gasteiger partial charge on any atom is -0.392 e.